The van der Waals surface area contributed by atoms with Crippen LogP contribution in [0.1, 0.15) is 10.6 Å². The van der Waals surface area contributed by atoms with Crippen molar-refractivity contribution < 1.29 is 0 Å². The number of rotatable bonds is 6. The van der Waals surface area contributed by atoms with E-state index in [1.807, 2.05) is 42.5 Å². The summed E-state index contributed by atoms with van der Waals surface area (Å²) in [6.45, 7) is 1.06. The Morgan fingerprint density at radius 3 is 2.89 bits per heavy atom. The molecule has 0 saturated heterocycles. The maximum atomic E-state index is 12.8. The SMILES string of the molecule is O=c1c(-c2cc(NCc3ccc(Cl)s3)[nH]n2)cccn1Cc1ccccn1. The normalized spacial score (nSPS) is 10.9. The molecule has 0 bridgehead atoms. The summed E-state index contributed by atoms with van der Waals surface area (Å²) in [5, 5.41) is 10.5. The number of halogens is 1. The number of aromatic amines is 1. The van der Waals surface area contributed by atoms with E-state index in [2.05, 4.69) is 20.5 Å². The van der Waals surface area contributed by atoms with Gasteiger partial charge in [-0.15, -0.1) is 11.3 Å². The second-order valence-electron chi connectivity index (χ2n) is 5.90. The van der Waals surface area contributed by atoms with Crippen LogP contribution in [0.15, 0.2) is 65.7 Å². The Bertz CT molecular complexity index is 1100. The molecule has 4 rings (SSSR count). The van der Waals surface area contributed by atoms with E-state index in [4.69, 9.17) is 11.6 Å². The van der Waals surface area contributed by atoms with Crippen molar-refractivity contribution in [3.05, 3.63) is 86.2 Å². The predicted molar refractivity (Wildman–Crippen MR) is 108 cm³/mol. The fourth-order valence-electron chi connectivity index (χ4n) is 2.70. The van der Waals surface area contributed by atoms with Crippen LogP contribution in [-0.2, 0) is 13.1 Å². The first kappa shape index (κ1) is 17.5. The van der Waals surface area contributed by atoms with Gasteiger partial charge in [0.1, 0.15) is 5.82 Å². The number of anilines is 1. The Kier molecular flexibility index (Phi) is 5.04. The van der Waals surface area contributed by atoms with Gasteiger partial charge in [0, 0.05) is 23.3 Å². The molecule has 0 aromatic carbocycles. The molecule has 0 fully saturated rings. The minimum Gasteiger partial charge on any atom is -0.366 e. The van der Waals surface area contributed by atoms with E-state index in [9.17, 15) is 4.79 Å². The van der Waals surface area contributed by atoms with Gasteiger partial charge in [0.25, 0.3) is 5.56 Å². The van der Waals surface area contributed by atoms with Gasteiger partial charge in [-0.1, -0.05) is 17.7 Å². The molecular weight excluding hydrogens is 382 g/mol. The van der Waals surface area contributed by atoms with Gasteiger partial charge in [-0.2, -0.15) is 5.10 Å². The fraction of sp³-hybridized carbons (Fsp3) is 0.105. The van der Waals surface area contributed by atoms with E-state index < -0.39 is 0 Å². The highest BCUT2D eigenvalue weighted by molar-refractivity contribution is 7.16. The van der Waals surface area contributed by atoms with E-state index in [0.717, 1.165) is 20.7 Å². The van der Waals surface area contributed by atoms with Gasteiger partial charge in [-0.05, 0) is 36.4 Å². The van der Waals surface area contributed by atoms with E-state index in [0.29, 0.717) is 24.3 Å². The van der Waals surface area contributed by atoms with E-state index >= 15 is 0 Å². The number of hydrogen-bond acceptors (Lipinski definition) is 5. The Balaban J connectivity index is 1.52. The average molecular weight is 398 g/mol. The van der Waals surface area contributed by atoms with Crippen molar-refractivity contribution in [2.24, 2.45) is 0 Å². The van der Waals surface area contributed by atoms with Crippen molar-refractivity contribution >= 4 is 28.8 Å². The van der Waals surface area contributed by atoms with Gasteiger partial charge in [0.15, 0.2) is 0 Å². The third kappa shape index (κ3) is 4.10. The van der Waals surface area contributed by atoms with Gasteiger partial charge in [0.05, 0.1) is 34.4 Å². The van der Waals surface area contributed by atoms with Crippen molar-refractivity contribution in [1.82, 2.24) is 19.7 Å². The second-order valence-corrected chi connectivity index (χ2v) is 7.70. The molecule has 0 radical (unpaired) electrons. The number of nitrogens with one attached hydrogen (secondary N) is 2. The van der Waals surface area contributed by atoms with Crippen molar-refractivity contribution in [1.29, 1.82) is 0 Å². The van der Waals surface area contributed by atoms with Gasteiger partial charge >= 0.3 is 0 Å². The Morgan fingerprint density at radius 2 is 2.11 bits per heavy atom. The van der Waals surface area contributed by atoms with Crippen molar-refractivity contribution in [3.63, 3.8) is 0 Å². The van der Waals surface area contributed by atoms with Crippen LogP contribution in [0.5, 0.6) is 0 Å². The molecule has 4 heterocycles. The molecule has 0 aliphatic carbocycles. The number of H-pyrrole nitrogens is 1. The Labute approximate surface area is 164 Å². The Hall–Kier alpha value is -2.90. The highest BCUT2D eigenvalue weighted by atomic mass is 35.5. The molecule has 4 aromatic heterocycles. The number of pyridine rings is 2. The summed E-state index contributed by atoms with van der Waals surface area (Å²) in [7, 11) is 0. The summed E-state index contributed by atoms with van der Waals surface area (Å²) in [5.74, 6) is 0.744. The summed E-state index contributed by atoms with van der Waals surface area (Å²) in [6, 6.07) is 14.9. The van der Waals surface area contributed by atoms with Gasteiger partial charge in [-0.25, -0.2) is 0 Å². The van der Waals surface area contributed by atoms with Crippen molar-refractivity contribution in [2.75, 3.05) is 5.32 Å². The van der Waals surface area contributed by atoms with Crippen LogP contribution < -0.4 is 10.9 Å². The maximum absolute atomic E-state index is 12.8. The topological polar surface area (TPSA) is 75.6 Å². The largest absolute Gasteiger partial charge is 0.366 e. The Morgan fingerprint density at radius 1 is 1.19 bits per heavy atom. The lowest BCUT2D eigenvalue weighted by molar-refractivity contribution is 0.741. The molecule has 6 nitrogen and oxygen atoms in total. The lowest BCUT2D eigenvalue weighted by Gasteiger charge is -2.06. The number of nitrogens with zero attached hydrogens (tertiary/aromatic N) is 3. The number of thiophene rings is 1. The smallest absolute Gasteiger partial charge is 0.260 e. The summed E-state index contributed by atoms with van der Waals surface area (Å²) in [5.41, 5.74) is 1.86. The van der Waals surface area contributed by atoms with Crippen LogP contribution in [0.2, 0.25) is 4.34 Å². The standard InChI is InChI=1S/C19H16ClN5OS/c20-17-7-6-14(27-17)11-22-18-10-16(23-24-18)15-5-3-9-25(19(15)26)12-13-4-1-2-8-21-13/h1-10H,11-12H2,(H2,22,23,24). The number of aromatic nitrogens is 4. The van der Waals surface area contributed by atoms with Crippen LogP contribution in [0.25, 0.3) is 11.3 Å². The van der Waals surface area contributed by atoms with Crippen molar-refractivity contribution in [3.8, 4) is 11.3 Å². The van der Waals surface area contributed by atoms with Crippen LogP contribution in [0.4, 0.5) is 5.82 Å². The molecule has 8 heteroatoms. The minimum atomic E-state index is -0.105. The lowest BCUT2D eigenvalue weighted by atomic mass is 10.2. The molecule has 0 saturated carbocycles. The zero-order valence-corrected chi connectivity index (χ0v) is 15.8. The highest BCUT2D eigenvalue weighted by Crippen LogP contribution is 2.23. The number of hydrogen-bond donors (Lipinski definition) is 2. The van der Waals surface area contributed by atoms with Crippen molar-refractivity contribution in [2.45, 2.75) is 13.1 Å². The van der Waals surface area contributed by atoms with E-state index in [1.165, 1.54) is 11.3 Å². The summed E-state index contributed by atoms with van der Waals surface area (Å²) >= 11 is 7.47. The summed E-state index contributed by atoms with van der Waals surface area (Å²) < 4.78 is 2.39. The fourth-order valence-corrected chi connectivity index (χ4v) is 3.73. The average Bonchev–Trinajstić information content (AvgIpc) is 3.31. The zero-order valence-electron chi connectivity index (χ0n) is 14.2. The lowest BCUT2D eigenvalue weighted by Crippen LogP contribution is -2.21. The van der Waals surface area contributed by atoms with Gasteiger partial charge < -0.3 is 9.88 Å². The quantitative estimate of drug-likeness (QED) is 0.515. The van der Waals surface area contributed by atoms with Crippen LogP contribution >= 0.6 is 22.9 Å². The monoisotopic (exact) mass is 397 g/mol. The molecule has 0 aliphatic heterocycles. The zero-order chi connectivity index (χ0) is 18.6. The van der Waals surface area contributed by atoms with E-state index in [-0.39, 0.29) is 5.56 Å². The first-order valence-electron chi connectivity index (χ1n) is 8.32. The van der Waals surface area contributed by atoms with Gasteiger partial charge in [0.2, 0.25) is 0 Å². The molecule has 0 atom stereocenters. The molecule has 0 aliphatic rings. The molecule has 0 amide bonds. The molecule has 0 spiro atoms. The molecule has 4 aromatic rings. The van der Waals surface area contributed by atoms with Crippen LogP contribution in [0.3, 0.4) is 0 Å². The molecule has 0 unspecified atom stereocenters. The molecular formula is C19H16ClN5OS. The first-order chi connectivity index (χ1) is 13.2. The molecule has 136 valence electrons. The third-order valence-electron chi connectivity index (χ3n) is 4.01. The van der Waals surface area contributed by atoms with E-state index in [1.54, 1.807) is 23.0 Å². The first-order valence-corrected chi connectivity index (χ1v) is 9.52. The minimum absolute atomic E-state index is 0.105. The predicted octanol–water partition coefficient (Wildman–Crippen LogP) is 4.01. The maximum Gasteiger partial charge on any atom is 0.260 e. The van der Waals surface area contributed by atoms with Crippen LogP contribution in [0, 0.1) is 0 Å². The van der Waals surface area contributed by atoms with Gasteiger partial charge in [-0.3, -0.25) is 14.9 Å². The van der Waals surface area contributed by atoms with Crippen LogP contribution in [-0.4, -0.2) is 19.7 Å². The summed E-state index contributed by atoms with van der Waals surface area (Å²) in [6.07, 6.45) is 3.48. The third-order valence-corrected chi connectivity index (χ3v) is 5.25. The molecule has 2 N–H and O–H groups in total. The summed E-state index contributed by atoms with van der Waals surface area (Å²) in [4.78, 5) is 18.2. The highest BCUT2D eigenvalue weighted by Gasteiger charge is 2.10. The second kappa shape index (κ2) is 7.77. The molecule has 27 heavy (non-hydrogen) atoms.